The SMILES string of the molecule is COC(=O)c1cc2nc(N[C@H](C)c3cccc(C(F)F)c3F)c3cc(OC)c(OC)cc3n2c1. The Labute approximate surface area is 193 Å². The molecular formula is C24H22F3N3O4. The van der Waals surface area contributed by atoms with Crippen LogP contribution in [-0.4, -0.2) is 36.7 Å². The smallest absolute Gasteiger partial charge is 0.339 e. The zero-order valence-electron chi connectivity index (χ0n) is 18.9. The number of fused-ring (bicyclic) bond motifs is 3. The lowest BCUT2D eigenvalue weighted by atomic mass is 10.0. The first-order valence-electron chi connectivity index (χ1n) is 10.3. The number of rotatable bonds is 7. The lowest BCUT2D eigenvalue weighted by Gasteiger charge is -2.20. The molecule has 0 bridgehead atoms. The summed E-state index contributed by atoms with van der Waals surface area (Å²) in [5.41, 5.74) is 0.719. The Morgan fingerprint density at radius 1 is 1.06 bits per heavy atom. The van der Waals surface area contributed by atoms with E-state index >= 15 is 0 Å². The molecule has 178 valence electrons. The van der Waals surface area contributed by atoms with Crippen LogP contribution in [0.25, 0.3) is 16.6 Å². The zero-order valence-corrected chi connectivity index (χ0v) is 18.9. The maximum absolute atomic E-state index is 14.8. The van der Waals surface area contributed by atoms with E-state index in [0.717, 1.165) is 6.07 Å². The predicted octanol–water partition coefficient (Wildman–Crippen LogP) is 5.54. The molecule has 0 amide bonds. The molecule has 34 heavy (non-hydrogen) atoms. The van der Waals surface area contributed by atoms with E-state index in [2.05, 4.69) is 10.3 Å². The molecule has 10 heteroatoms. The Morgan fingerprint density at radius 3 is 2.38 bits per heavy atom. The number of methoxy groups -OCH3 is 3. The van der Waals surface area contributed by atoms with Crippen LogP contribution in [0.5, 0.6) is 11.5 Å². The van der Waals surface area contributed by atoms with E-state index in [9.17, 15) is 18.0 Å². The van der Waals surface area contributed by atoms with Crippen LogP contribution in [0.4, 0.5) is 19.0 Å². The largest absolute Gasteiger partial charge is 0.493 e. The molecule has 4 aromatic rings. The number of alkyl halides is 2. The first-order valence-corrected chi connectivity index (χ1v) is 10.3. The summed E-state index contributed by atoms with van der Waals surface area (Å²) in [5.74, 6) is -0.290. The Kier molecular flexibility index (Phi) is 6.23. The molecule has 0 saturated heterocycles. The molecule has 1 atom stereocenters. The maximum Gasteiger partial charge on any atom is 0.339 e. The fraction of sp³-hybridized carbons (Fsp3) is 0.250. The molecule has 0 saturated carbocycles. The molecule has 0 fully saturated rings. The summed E-state index contributed by atoms with van der Waals surface area (Å²) in [4.78, 5) is 16.7. The van der Waals surface area contributed by atoms with E-state index < -0.39 is 29.8 Å². The number of hydrogen-bond acceptors (Lipinski definition) is 6. The van der Waals surface area contributed by atoms with Gasteiger partial charge in [0.15, 0.2) is 11.5 Å². The Hall–Kier alpha value is -3.95. The number of aromatic nitrogens is 2. The summed E-state index contributed by atoms with van der Waals surface area (Å²) in [6.45, 7) is 1.64. The summed E-state index contributed by atoms with van der Waals surface area (Å²) in [7, 11) is 4.26. The Bertz CT molecular complexity index is 1390. The lowest BCUT2D eigenvalue weighted by molar-refractivity contribution is 0.0601. The second kappa shape index (κ2) is 9.12. The number of ether oxygens (including phenoxy) is 3. The van der Waals surface area contributed by atoms with E-state index in [4.69, 9.17) is 14.2 Å². The van der Waals surface area contributed by atoms with E-state index in [0.29, 0.717) is 33.9 Å². The summed E-state index contributed by atoms with van der Waals surface area (Å²) in [6, 6.07) is 8.14. The molecule has 2 aromatic carbocycles. The number of benzene rings is 2. The molecule has 0 radical (unpaired) electrons. The van der Waals surface area contributed by atoms with Crippen molar-refractivity contribution in [3.8, 4) is 11.5 Å². The van der Waals surface area contributed by atoms with Gasteiger partial charge in [-0.2, -0.15) is 0 Å². The maximum atomic E-state index is 14.8. The predicted molar refractivity (Wildman–Crippen MR) is 121 cm³/mol. The minimum Gasteiger partial charge on any atom is -0.493 e. The van der Waals surface area contributed by atoms with Crippen molar-refractivity contribution in [1.82, 2.24) is 9.38 Å². The first kappa shape index (κ1) is 23.2. The molecule has 7 nitrogen and oxygen atoms in total. The number of nitrogens with zero attached hydrogens (tertiary/aromatic N) is 2. The highest BCUT2D eigenvalue weighted by Gasteiger charge is 2.22. The van der Waals surface area contributed by atoms with Crippen LogP contribution in [0.3, 0.4) is 0 Å². The van der Waals surface area contributed by atoms with Gasteiger partial charge in [0.2, 0.25) is 0 Å². The van der Waals surface area contributed by atoms with Crippen molar-refractivity contribution in [3.05, 3.63) is 65.1 Å². The summed E-state index contributed by atoms with van der Waals surface area (Å²) in [6.07, 6.45) is -1.35. The molecule has 0 spiro atoms. The van der Waals surface area contributed by atoms with Crippen molar-refractivity contribution < 1.29 is 32.2 Å². The fourth-order valence-corrected chi connectivity index (χ4v) is 3.86. The van der Waals surface area contributed by atoms with Crippen LogP contribution in [0.15, 0.2) is 42.6 Å². The second-order valence-corrected chi connectivity index (χ2v) is 7.55. The van der Waals surface area contributed by atoms with Gasteiger partial charge < -0.3 is 19.5 Å². The molecule has 2 aromatic heterocycles. The Balaban J connectivity index is 1.90. The second-order valence-electron chi connectivity index (χ2n) is 7.55. The number of nitrogens with one attached hydrogen (secondary N) is 1. The molecule has 0 aliphatic heterocycles. The van der Waals surface area contributed by atoms with Crippen LogP contribution in [0, 0.1) is 5.82 Å². The number of carbonyl (C=O) groups excluding carboxylic acids is 1. The number of carbonyl (C=O) groups is 1. The third-order valence-corrected chi connectivity index (χ3v) is 5.58. The van der Waals surface area contributed by atoms with E-state index in [1.165, 1.54) is 33.5 Å². The van der Waals surface area contributed by atoms with Crippen LogP contribution in [-0.2, 0) is 4.74 Å². The first-order chi connectivity index (χ1) is 16.3. The number of hydrogen-bond donors (Lipinski definition) is 1. The number of anilines is 1. The average molecular weight is 473 g/mol. The van der Waals surface area contributed by atoms with Gasteiger partial charge in [0.1, 0.15) is 17.3 Å². The van der Waals surface area contributed by atoms with Crippen LogP contribution in [0.1, 0.15) is 40.9 Å². The molecule has 0 aliphatic carbocycles. The van der Waals surface area contributed by atoms with Gasteiger partial charge in [0.25, 0.3) is 6.43 Å². The Morgan fingerprint density at radius 2 is 1.74 bits per heavy atom. The summed E-state index contributed by atoms with van der Waals surface area (Å²) >= 11 is 0. The summed E-state index contributed by atoms with van der Waals surface area (Å²) in [5, 5.41) is 3.70. The fourth-order valence-electron chi connectivity index (χ4n) is 3.86. The lowest BCUT2D eigenvalue weighted by Crippen LogP contribution is -2.12. The van der Waals surface area contributed by atoms with E-state index in [1.54, 1.807) is 35.7 Å². The summed E-state index contributed by atoms with van der Waals surface area (Å²) < 4.78 is 58.5. The van der Waals surface area contributed by atoms with Gasteiger partial charge in [0, 0.05) is 23.2 Å². The van der Waals surface area contributed by atoms with Gasteiger partial charge in [0.05, 0.1) is 44.0 Å². The van der Waals surface area contributed by atoms with Crippen LogP contribution < -0.4 is 14.8 Å². The standard InChI is InChI=1S/C24H22F3N3O4/c1-12(14-6-5-7-15(21(14)25)22(26)27)28-23-16-9-18(32-2)19(33-3)10-17(16)30-11-13(24(31)34-4)8-20(30)29-23/h5-12,22H,1-4H3,(H,28,29)/t12-/m1/s1. The van der Waals surface area contributed by atoms with Crippen molar-refractivity contribution in [2.45, 2.75) is 19.4 Å². The monoisotopic (exact) mass is 473 g/mol. The highest BCUT2D eigenvalue weighted by Crippen LogP contribution is 2.37. The van der Waals surface area contributed by atoms with Gasteiger partial charge in [-0.1, -0.05) is 18.2 Å². The highest BCUT2D eigenvalue weighted by atomic mass is 19.3. The van der Waals surface area contributed by atoms with Crippen molar-refractivity contribution >= 4 is 28.3 Å². The van der Waals surface area contributed by atoms with Crippen molar-refractivity contribution in [2.24, 2.45) is 0 Å². The quantitative estimate of drug-likeness (QED) is 0.355. The van der Waals surface area contributed by atoms with Gasteiger partial charge in [-0.3, -0.25) is 4.40 Å². The minimum absolute atomic E-state index is 0.0683. The molecule has 0 unspecified atom stereocenters. The van der Waals surface area contributed by atoms with Gasteiger partial charge in [-0.25, -0.2) is 22.9 Å². The molecular weight excluding hydrogens is 451 g/mol. The molecule has 1 N–H and O–H groups in total. The van der Waals surface area contributed by atoms with Crippen molar-refractivity contribution in [2.75, 3.05) is 26.6 Å². The average Bonchev–Trinajstić information content (AvgIpc) is 3.26. The molecule has 4 rings (SSSR count). The van der Waals surface area contributed by atoms with Gasteiger partial charge in [-0.05, 0) is 19.1 Å². The van der Waals surface area contributed by atoms with Gasteiger partial charge in [-0.15, -0.1) is 0 Å². The number of esters is 1. The minimum atomic E-state index is -2.93. The van der Waals surface area contributed by atoms with E-state index in [1.807, 2.05) is 0 Å². The zero-order chi connectivity index (χ0) is 24.6. The van der Waals surface area contributed by atoms with Gasteiger partial charge >= 0.3 is 5.97 Å². The topological polar surface area (TPSA) is 74.1 Å². The van der Waals surface area contributed by atoms with Crippen molar-refractivity contribution in [1.29, 1.82) is 0 Å². The molecule has 2 heterocycles. The van der Waals surface area contributed by atoms with E-state index in [-0.39, 0.29) is 11.1 Å². The van der Waals surface area contributed by atoms with Crippen LogP contribution in [0.2, 0.25) is 0 Å². The molecule has 0 aliphatic rings. The normalized spacial score (nSPS) is 12.2. The van der Waals surface area contributed by atoms with Crippen molar-refractivity contribution in [3.63, 3.8) is 0 Å². The highest BCUT2D eigenvalue weighted by molar-refractivity contribution is 5.97. The third kappa shape index (κ3) is 3.95. The third-order valence-electron chi connectivity index (χ3n) is 5.58. The number of halogens is 3. The van der Waals surface area contributed by atoms with Crippen LogP contribution >= 0.6 is 0 Å².